The van der Waals surface area contributed by atoms with Gasteiger partial charge in [-0.1, -0.05) is 13.8 Å². The summed E-state index contributed by atoms with van der Waals surface area (Å²) in [4.78, 5) is 6.74. The SMILES string of the molecule is CCC1(CC)CCN(C(=NC)NC[C@H]2CCCN2S(C)(=O)=O)C1.I. The zero-order valence-corrected chi connectivity index (χ0v) is 18.6. The predicted octanol–water partition coefficient (Wildman–Crippen LogP) is 2.12. The summed E-state index contributed by atoms with van der Waals surface area (Å²) in [6.45, 7) is 7.89. The molecule has 142 valence electrons. The molecule has 0 spiro atoms. The number of hydrogen-bond donors (Lipinski definition) is 1. The number of halogens is 1. The zero-order chi connectivity index (χ0) is 17.1. The third-order valence-electron chi connectivity index (χ3n) is 5.69. The average molecular weight is 472 g/mol. The van der Waals surface area contributed by atoms with Crippen LogP contribution in [0.25, 0.3) is 0 Å². The van der Waals surface area contributed by atoms with Crippen LogP contribution in [-0.4, -0.2) is 69.1 Å². The fourth-order valence-electron chi connectivity index (χ4n) is 3.93. The van der Waals surface area contributed by atoms with Gasteiger partial charge >= 0.3 is 0 Å². The number of hydrogen-bond acceptors (Lipinski definition) is 3. The first-order valence-corrected chi connectivity index (χ1v) is 10.6. The van der Waals surface area contributed by atoms with Gasteiger partial charge in [0.05, 0.1) is 6.26 Å². The Bertz CT molecular complexity index is 534. The van der Waals surface area contributed by atoms with E-state index in [1.807, 2.05) is 7.05 Å². The molecule has 0 aromatic rings. The van der Waals surface area contributed by atoms with Crippen molar-refractivity contribution in [1.82, 2.24) is 14.5 Å². The van der Waals surface area contributed by atoms with Crippen molar-refractivity contribution in [2.75, 3.05) is 39.5 Å². The van der Waals surface area contributed by atoms with Crippen molar-refractivity contribution < 1.29 is 8.42 Å². The molecule has 8 heteroatoms. The van der Waals surface area contributed by atoms with Gasteiger partial charge in [-0.2, -0.15) is 4.31 Å². The first-order valence-electron chi connectivity index (χ1n) is 8.77. The largest absolute Gasteiger partial charge is 0.355 e. The lowest BCUT2D eigenvalue weighted by Crippen LogP contribution is -2.47. The van der Waals surface area contributed by atoms with Crippen LogP contribution in [0.15, 0.2) is 4.99 Å². The molecule has 2 rings (SSSR count). The van der Waals surface area contributed by atoms with Crippen LogP contribution in [0.1, 0.15) is 46.0 Å². The van der Waals surface area contributed by atoms with Gasteiger partial charge in [0.1, 0.15) is 0 Å². The molecule has 2 aliphatic rings. The number of aliphatic imine (C=N–C) groups is 1. The number of nitrogens with one attached hydrogen (secondary N) is 1. The molecule has 0 saturated carbocycles. The summed E-state index contributed by atoms with van der Waals surface area (Å²) in [6, 6.07) is 0.0476. The predicted molar refractivity (Wildman–Crippen MR) is 111 cm³/mol. The number of likely N-dealkylation sites (tertiary alicyclic amines) is 1. The fraction of sp³-hybridized carbons (Fsp3) is 0.938. The summed E-state index contributed by atoms with van der Waals surface area (Å²) in [7, 11) is -1.30. The van der Waals surface area contributed by atoms with Crippen LogP contribution in [0.5, 0.6) is 0 Å². The molecular weight excluding hydrogens is 439 g/mol. The molecule has 0 bridgehead atoms. The van der Waals surface area contributed by atoms with Gasteiger partial charge in [0, 0.05) is 39.3 Å². The van der Waals surface area contributed by atoms with E-state index in [2.05, 4.69) is 29.1 Å². The molecule has 2 fully saturated rings. The van der Waals surface area contributed by atoms with Crippen LogP contribution >= 0.6 is 24.0 Å². The highest BCUT2D eigenvalue weighted by atomic mass is 127. The second kappa shape index (κ2) is 9.02. The Morgan fingerprint density at radius 2 is 1.96 bits per heavy atom. The van der Waals surface area contributed by atoms with Gasteiger partial charge in [-0.25, -0.2) is 8.42 Å². The van der Waals surface area contributed by atoms with E-state index in [1.165, 1.54) is 25.5 Å². The third kappa shape index (κ3) is 4.97. The molecule has 2 aliphatic heterocycles. The zero-order valence-electron chi connectivity index (χ0n) is 15.4. The van der Waals surface area contributed by atoms with Crippen molar-refractivity contribution in [3.05, 3.63) is 0 Å². The van der Waals surface area contributed by atoms with Gasteiger partial charge in [-0.3, -0.25) is 4.99 Å². The maximum absolute atomic E-state index is 11.8. The number of guanidine groups is 1. The maximum atomic E-state index is 11.8. The van der Waals surface area contributed by atoms with E-state index >= 15 is 0 Å². The topological polar surface area (TPSA) is 65.0 Å². The Hall–Kier alpha value is -0.0900. The molecule has 1 atom stereocenters. The standard InChI is InChI=1S/C16H32N4O2S.HI/c1-5-16(6-2)9-11-19(13-16)15(17-3)18-12-14-8-7-10-20(14)23(4,21)22;/h14H,5-13H2,1-4H3,(H,17,18);1H/t14-;/m1./s1. The summed E-state index contributed by atoms with van der Waals surface area (Å²) in [5.41, 5.74) is 0.407. The maximum Gasteiger partial charge on any atom is 0.211 e. The van der Waals surface area contributed by atoms with Gasteiger partial charge in [-0.05, 0) is 37.5 Å². The monoisotopic (exact) mass is 472 g/mol. The van der Waals surface area contributed by atoms with Crippen LogP contribution < -0.4 is 5.32 Å². The van der Waals surface area contributed by atoms with Gasteiger partial charge in [0.15, 0.2) is 5.96 Å². The van der Waals surface area contributed by atoms with Gasteiger partial charge in [0.25, 0.3) is 0 Å². The van der Waals surface area contributed by atoms with E-state index in [1.54, 1.807) is 4.31 Å². The molecule has 24 heavy (non-hydrogen) atoms. The Labute approximate surface area is 164 Å². The summed E-state index contributed by atoms with van der Waals surface area (Å²) in [6.07, 6.45) is 6.77. The van der Waals surface area contributed by atoms with Crippen LogP contribution in [-0.2, 0) is 10.0 Å². The van der Waals surface area contributed by atoms with Crippen molar-refractivity contribution in [3.63, 3.8) is 0 Å². The second-order valence-corrected chi connectivity index (χ2v) is 8.91. The Morgan fingerprint density at radius 3 is 2.46 bits per heavy atom. The minimum Gasteiger partial charge on any atom is -0.355 e. The van der Waals surface area contributed by atoms with Crippen molar-refractivity contribution in [3.8, 4) is 0 Å². The van der Waals surface area contributed by atoms with E-state index in [4.69, 9.17) is 0 Å². The molecule has 0 aromatic heterocycles. The Kier molecular flexibility index (Phi) is 8.25. The normalized spacial score (nSPS) is 24.9. The first-order chi connectivity index (χ1) is 10.8. The number of rotatable bonds is 5. The fourth-order valence-corrected chi connectivity index (χ4v) is 5.12. The highest BCUT2D eigenvalue weighted by molar-refractivity contribution is 14.0. The molecule has 0 aliphatic carbocycles. The summed E-state index contributed by atoms with van der Waals surface area (Å²) in [5, 5.41) is 3.41. The molecule has 0 amide bonds. The lowest BCUT2D eigenvalue weighted by Gasteiger charge is -2.29. The first kappa shape index (κ1) is 22.0. The van der Waals surface area contributed by atoms with Crippen molar-refractivity contribution >= 4 is 40.0 Å². The van der Waals surface area contributed by atoms with E-state index in [0.29, 0.717) is 18.5 Å². The van der Waals surface area contributed by atoms with E-state index in [9.17, 15) is 8.42 Å². The highest BCUT2D eigenvalue weighted by Crippen LogP contribution is 2.36. The summed E-state index contributed by atoms with van der Waals surface area (Å²) in [5.74, 6) is 0.911. The van der Waals surface area contributed by atoms with Crippen molar-refractivity contribution in [2.24, 2.45) is 10.4 Å². The molecule has 1 N–H and O–H groups in total. The van der Waals surface area contributed by atoms with Crippen molar-refractivity contribution in [1.29, 1.82) is 0 Å². The molecule has 0 unspecified atom stereocenters. The molecule has 6 nitrogen and oxygen atoms in total. The van der Waals surface area contributed by atoms with Gasteiger partial charge in [-0.15, -0.1) is 24.0 Å². The third-order valence-corrected chi connectivity index (χ3v) is 7.03. The van der Waals surface area contributed by atoms with E-state index in [0.717, 1.165) is 31.9 Å². The smallest absolute Gasteiger partial charge is 0.211 e. The lowest BCUT2D eigenvalue weighted by molar-refractivity contribution is 0.275. The molecule has 2 saturated heterocycles. The van der Waals surface area contributed by atoms with Gasteiger partial charge in [0.2, 0.25) is 10.0 Å². The minimum absolute atomic E-state index is 0. The van der Waals surface area contributed by atoms with Crippen LogP contribution in [0, 0.1) is 5.41 Å². The van der Waals surface area contributed by atoms with Crippen LogP contribution in [0.3, 0.4) is 0 Å². The summed E-state index contributed by atoms with van der Waals surface area (Å²) < 4.78 is 25.3. The Balaban J connectivity index is 0.00000288. The molecule has 2 heterocycles. The van der Waals surface area contributed by atoms with E-state index < -0.39 is 10.0 Å². The Morgan fingerprint density at radius 1 is 1.29 bits per heavy atom. The van der Waals surface area contributed by atoms with Crippen LogP contribution in [0.4, 0.5) is 0 Å². The molecule has 0 radical (unpaired) electrons. The average Bonchev–Trinajstić information content (AvgIpc) is 3.15. The van der Waals surface area contributed by atoms with Gasteiger partial charge < -0.3 is 10.2 Å². The lowest BCUT2D eigenvalue weighted by atomic mass is 9.82. The van der Waals surface area contributed by atoms with E-state index in [-0.39, 0.29) is 30.0 Å². The van der Waals surface area contributed by atoms with Crippen LogP contribution in [0.2, 0.25) is 0 Å². The summed E-state index contributed by atoms with van der Waals surface area (Å²) >= 11 is 0. The number of nitrogens with zero attached hydrogens (tertiary/aromatic N) is 3. The molecular formula is C16H33IN4O2S. The number of sulfonamides is 1. The quantitative estimate of drug-likeness (QED) is 0.378. The molecule has 0 aromatic carbocycles. The minimum atomic E-state index is -3.11. The highest BCUT2D eigenvalue weighted by Gasteiger charge is 2.37. The second-order valence-electron chi connectivity index (χ2n) is 6.98. The van der Waals surface area contributed by atoms with Crippen molar-refractivity contribution in [2.45, 2.75) is 52.0 Å².